The standard InChI is InChI=1S/C20H27N3O2S/c1-21(2)19(24)23-10-8-20(25)7-9-22(12-16(20)13-23)14-17-11-15-5-3-4-6-18(15)26-17/h3-6,11,16,25H,7-10,12-14H2,1-2H3/t16-,20-/m0/s1. The Morgan fingerprint density at radius 3 is 2.81 bits per heavy atom. The van der Waals surface area contributed by atoms with Crippen molar-refractivity contribution in [1.82, 2.24) is 14.7 Å². The fourth-order valence-electron chi connectivity index (χ4n) is 4.31. The Labute approximate surface area is 158 Å². The predicted molar refractivity (Wildman–Crippen MR) is 105 cm³/mol. The molecule has 2 aliphatic heterocycles. The number of rotatable bonds is 2. The highest BCUT2D eigenvalue weighted by atomic mass is 32.1. The lowest BCUT2D eigenvalue weighted by atomic mass is 9.75. The highest BCUT2D eigenvalue weighted by molar-refractivity contribution is 7.19. The molecular formula is C20H27N3O2S. The largest absolute Gasteiger partial charge is 0.389 e. The van der Waals surface area contributed by atoms with Crippen LogP contribution in [-0.4, -0.2) is 71.7 Å². The van der Waals surface area contributed by atoms with Gasteiger partial charge in [0.1, 0.15) is 0 Å². The van der Waals surface area contributed by atoms with Crippen LogP contribution < -0.4 is 0 Å². The van der Waals surface area contributed by atoms with E-state index in [9.17, 15) is 9.90 Å². The van der Waals surface area contributed by atoms with E-state index in [1.165, 1.54) is 15.0 Å². The highest BCUT2D eigenvalue weighted by Gasteiger charge is 2.46. The third-order valence-electron chi connectivity index (χ3n) is 5.86. The number of urea groups is 1. The first kappa shape index (κ1) is 17.8. The lowest BCUT2D eigenvalue weighted by Gasteiger charge is -2.50. The first-order chi connectivity index (χ1) is 12.4. The van der Waals surface area contributed by atoms with Crippen LogP contribution in [0.5, 0.6) is 0 Å². The molecule has 4 rings (SSSR count). The minimum absolute atomic E-state index is 0.0497. The van der Waals surface area contributed by atoms with Gasteiger partial charge in [-0.15, -0.1) is 11.3 Å². The average molecular weight is 374 g/mol. The lowest BCUT2D eigenvalue weighted by molar-refractivity contribution is -0.108. The summed E-state index contributed by atoms with van der Waals surface area (Å²) in [6.07, 6.45) is 1.49. The van der Waals surface area contributed by atoms with E-state index in [1.807, 2.05) is 16.2 Å². The molecule has 1 N–H and O–H groups in total. The van der Waals surface area contributed by atoms with Crippen molar-refractivity contribution in [3.05, 3.63) is 35.2 Å². The second-order valence-corrected chi connectivity index (χ2v) is 9.08. The Morgan fingerprint density at radius 1 is 1.27 bits per heavy atom. The number of likely N-dealkylation sites (tertiary alicyclic amines) is 2. The zero-order chi connectivity index (χ0) is 18.3. The van der Waals surface area contributed by atoms with E-state index >= 15 is 0 Å². The number of amides is 2. The summed E-state index contributed by atoms with van der Waals surface area (Å²) >= 11 is 1.85. The summed E-state index contributed by atoms with van der Waals surface area (Å²) < 4.78 is 1.33. The maximum absolute atomic E-state index is 12.3. The Bertz CT molecular complexity index is 772. The van der Waals surface area contributed by atoms with E-state index in [1.54, 1.807) is 19.0 Å². The number of piperidine rings is 2. The van der Waals surface area contributed by atoms with Crippen LogP contribution in [-0.2, 0) is 6.54 Å². The van der Waals surface area contributed by atoms with Crippen LogP contribution in [0.4, 0.5) is 4.79 Å². The summed E-state index contributed by atoms with van der Waals surface area (Å²) in [6.45, 7) is 4.00. The SMILES string of the molecule is CN(C)C(=O)N1CC[C@@]2(O)CCN(Cc3cc4ccccc4s3)C[C@H]2C1. The van der Waals surface area contributed by atoms with Gasteiger partial charge in [0, 0.05) is 62.3 Å². The van der Waals surface area contributed by atoms with Crippen LogP contribution >= 0.6 is 11.3 Å². The lowest BCUT2D eigenvalue weighted by Crippen LogP contribution is -2.61. The number of fused-ring (bicyclic) bond motifs is 2. The van der Waals surface area contributed by atoms with E-state index in [-0.39, 0.29) is 11.9 Å². The zero-order valence-corrected chi connectivity index (χ0v) is 16.3. The summed E-state index contributed by atoms with van der Waals surface area (Å²) in [5, 5.41) is 12.4. The molecule has 140 valence electrons. The molecule has 1 aromatic heterocycles. The number of benzene rings is 1. The van der Waals surface area contributed by atoms with Gasteiger partial charge < -0.3 is 14.9 Å². The maximum Gasteiger partial charge on any atom is 0.319 e. The van der Waals surface area contributed by atoms with Crippen molar-refractivity contribution in [1.29, 1.82) is 0 Å². The molecule has 2 atom stereocenters. The van der Waals surface area contributed by atoms with Crippen molar-refractivity contribution in [2.24, 2.45) is 5.92 Å². The van der Waals surface area contributed by atoms with Crippen molar-refractivity contribution in [2.75, 3.05) is 40.3 Å². The Kier molecular flexibility index (Phi) is 4.67. The molecule has 2 aromatic rings. The molecule has 3 heterocycles. The molecule has 26 heavy (non-hydrogen) atoms. The zero-order valence-electron chi connectivity index (χ0n) is 15.5. The molecule has 2 saturated heterocycles. The monoisotopic (exact) mass is 373 g/mol. The molecule has 0 radical (unpaired) electrons. The van der Waals surface area contributed by atoms with Gasteiger partial charge >= 0.3 is 6.03 Å². The third-order valence-corrected chi connectivity index (χ3v) is 6.96. The molecule has 5 nitrogen and oxygen atoms in total. The first-order valence-electron chi connectivity index (χ1n) is 9.33. The van der Waals surface area contributed by atoms with Crippen molar-refractivity contribution < 1.29 is 9.90 Å². The molecule has 2 aliphatic rings. The van der Waals surface area contributed by atoms with Crippen LogP contribution in [0.2, 0.25) is 0 Å². The second-order valence-electron chi connectivity index (χ2n) is 7.91. The van der Waals surface area contributed by atoms with Crippen molar-refractivity contribution in [3.8, 4) is 0 Å². The summed E-state index contributed by atoms with van der Waals surface area (Å²) in [5.41, 5.74) is -0.611. The predicted octanol–water partition coefficient (Wildman–Crippen LogP) is 2.84. The van der Waals surface area contributed by atoms with Gasteiger partial charge in [-0.1, -0.05) is 18.2 Å². The average Bonchev–Trinajstić information content (AvgIpc) is 3.03. The molecule has 2 fully saturated rings. The van der Waals surface area contributed by atoms with E-state index in [4.69, 9.17) is 0 Å². The quantitative estimate of drug-likeness (QED) is 0.881. The van der Waals surface area contributed by atoms with Gasteiger partial charge in [0.15, 0.2) is 0 Å². The second kappa shape index (κ2) is 6.83. The molecule has 0 saturated carbocycles. The topological polar surface area (TPSA) is 47.0 Å². The Hall–Kier alpha value is -1.63. The summed E-state index contributed by atoms with van der Waals surface area (Å²) in [7, 11) is 3.58. The van der Waals surface area contributed by atoms with Crippen LogP contribution in [0.15, 0.2) is 30.3 Å². The normalized spacial score (nSPS) is 26.7. The van der Waals surface area contributed by atoms with E-state index < -0.39 is 5.60 Å². The van der Waals surface area contributed by atoms with Gasteiger partial charge in [0.05, 0.1) is 5.60 Å². The number of carbonyl (C=O) groups is 1. The fraction of sp³-hybridized carbons (Fsp3) is 0.550. The van der Waals surface area contributed by atoms with Crippen LogP contribution in [0.3, 0.4) is 0 Å². The number of hydrogen-bond acceptors (Lipinski definition) is 4. The molecule has 1 aromatic carbocycles. The van der Waals surface area contributed by atoms with E-state index in [0.29, 0.717) is 19.5 Å². The van der Waals surface area contributed by atoms with E-state index in [2.05, 4.69) is 35.2 Å². The minimum atomic E-state index is -0.611. The van der Waals surface area contributed by atoms with Gasteiger partial charge in [-0.25, -0.2) is 4.79 Å². The number of carbonyl (C=O) groups excluding carboxylic acids is 1. The molecule has 2 amide bonds. The molecule has 6 heteroatoms. The Morgan fingerprint density at radius 2 is 2.04 bits per heavy atom. The summed E-state index contributed by atoms with van der Waals surface area (Å²) in [5.74, 6) is 0.128. The van der Waals surface area contributed by atoms with Gasteiger partial charge in [-0.3, -0.25) is 4.90 Å². The van der Waals surface area contributed by atoms with Crippen LogP contribution in [0, 0.1) is 5.92 Å². The van der Waals surface area contributed by atoms with Gasteiger partial charge in [0.25, 0.3) is 0 Å². The fourth-order valence-corrected chi connectivity index (χ4v) is 5.41. The van der Waals surface area contributed by atoms with Gasteiger partial charge in [0.2, 0.25) is 0 Å². The van der Waals surface area contributed by atoms with Gasteiger partial charge in [-0.2, -0.15) is 0 Å². The van der Waals surface area contributed by atoms with Crippen LogP contribution in [0.1, 0.15) is 17.7 Å². The van der Waals surface area contributed by atoms with Crippen molar-refractivity contribution in [2.45, 2.75) is 25.0 Å². The molecule has 0 bridgehead atoms. The number of aliphatic hydroxyl groups is 1. The molecular weight excluding hydrogens is 346 g/mol. The number of thiophene rings is 1. The summed E-state index contributed by atoms with van der Waals surface area (Å²) in [4.78, 5) is 19.6. The van der Waals surface area contributed by atoms with Gasteiger partial charge in [-0.05, 0) is 30.4 Å². The highest BCUT2D eigenvalue weighted by Crippen LogP contribution is 2.37. The smallest absolute Gasteiger partial charge is 0.319 e. The maximum atomic E-state index is 12.3. The molecule has 0 unspecified atom stereocenters. The number of nitrogens with zero attached hydrogens (tertiary/aromatic N) is 3. The molecule has 0 spiro atoms. The minimum Gasteiger partial charge on any atom is -0.389 e. The van der Waals surface area contributed by atoms with Crippen LogP contribution in [0.25, 0.3) is 10.1 Å². The van der Waals surface area contributed by atoms with Crippen molar-refractivity contribution in [3.63, 3.8) is 0 Å². The summed E-state index contributed by atoms with van der Waals surface area (Å²) in [6, 6.07) is 10.8. The molecule has 0 aliphatic carbocycles. The van der Waals surface area contributed by atoms with E-state index in [0.717, 1.165) is 26.1 Å². The number of hydrogen-bond donors (Lipinski definition) is 1. The first-order valence-corrected chi connectivity index (χ1v) is 10.1. The third kappa shape index (κ3) is 3.33. The van der Waals surface area contributed by atoms with Crippen molar-refractivity contribution >= 4 is 27.5 Å². The Balaban J connectivity index is 1.45.